The standard InChI is InChI=1S/C15H13BrN2O/c16-11-6-8-12(9-7-11)18-14(13(17)15(18)19)10-4-2-1-3-5-10/h1-9,13-14H,17H2/t13-,14-/m0/s1. The highest BCUT2D eigenvalue weighted by Crippen LogP contribution is 2.38. The lowest BCUT2D eigenvalue weighted by atomic mass is 9.88. The number of anilines is 1. The molecular formula is C15H13BrN2O. The summed E-state index contributed by atoms with van der Waals surface area (Å²) >= 11 is 3.39. The van der Waals surface area contributed by atoms with Gasteiger partial charge in [0.2, 0.25) is 5.91 Å². The second kappa shape index (κ2) is 4.79. The van der Waals surface area contributed by atoms with Crippen molar-refractivity contribution in [3.8, 4) is 0 Å². The number of carbonyl (C=O) groups is 1. The lowest BCUT2D eigenvalue weighted by Gasteiger charge is -2.45. The van der Waals surface area contributed by atoms with Crippen molar-refractivity contribution < 1.29 is 4.79 Å². The molecule has 2 aromatic rings. The third kappa shape index (κ3) is 2.07. The van der Waals surface area contributed by atoms with Crippen LogP contribution in [0.4, 0.5) is 5.69 Å². The van der Waals surface area contributed by atoms with Gasteiger partial charge in [0.25, 0.3) is 0 Å². The average Bonchev–Trinajstić information content (AvgIpc) is 2.46. The molecule has 19 heavy (non-hydrogen) atoms. The second-order valence-electron chi connectivity index (χ2n) is 4.57. The highest BCUT2D eigenvalue weighted by Gasteiger charge is 2.46. The molecule has 0 aliphatic carbocycles. The van der Waals surface area contributed by atoms with Crippen LogP contribution in [-0.4, -0.2) is 11.9 Å². The van der Waals surface area contributed by atoms with Gasteiger partial charge >= 0.3 is 0 Å². The van der Waals surface area contributed by atoms with Crippen molar-refractivity contribution in [2.24, 2.45) is 5.73 Å². The van der Waals surface area contributed by atoms with Gasteiger partial charge in [-0.1, -0.05) is 46.3 Å². The average molecular weight is 317 g/mol. The molecule has 1 amide bonds. The highest BCUT2D eigenvalue weighted by atomic mass is 79.9. The van der Waals surface area contributed by atoms with Gasteiger partial charge in [-0.25, -0.2) is 0 Å². The molecule has 2 atom stereocenters. The van der Waals surface area contributed by atoms with E-state index in [9.17, 15) is 4.79 Å². The van der Waals surface area contributed by atoms with Gasteiger partial charge in [0, 0.05) is 10.2 Å². The summed E-state index contributed by atoms with van der Waals surface area (Å²) in [5, 5.41) is 0. The van der Waals surface area contributed by atoms with Gasteiger partial charge in [0.15, 0.2) is 0 Å². The first-order valence-corrected chi connectivity index (χ1v) is 6.87. The predicted molar refractivity (Wildman–Crippen MR) is 78.8 cm³/mol. The summed E-state index contributed by atoms with van der Waals surface area (Å²) in [6, 6.07) is 17.1. The molecule has 0 bridgehead atoms. The Labute approximate surface area is 120 Å². The van der Waals surface area contributed by atoms with E-state index in [0.29, 0.717) is 0 Å². The molecule has 1 heterocycles. The first-order valence-electron chi connectivity index (χ1n) is 6.07. The maximum atomic E-state index is 12.0. The summed E-state index contributed by atoms with van der Waals surface area (Å²) in [6.07, 6.45) is 0. The van der Waals surface area contributed by atoms with E-state index in [4.69, 9.17) is 5.73 Å². The summed E-state index contributed by atoms with van der Waals surface area (Å²) in [5.41, 5.74) is 7.90. The van der Waals surface area contributed by atoms with Crippen molar-refractivity contribution in [3.63, 3.8) is 0 Å². The van der Waals surface area contributed by atoms with Crippen LogP contribution >= 0.6 is 15.9 Å². The molecule has 1 saturated heterocycles. The van der Waals surface area contributed by atoms with Gasteiger partial charge in [0.1, 0.15) is 6.04 Å². The minimum Gasteiger partial charge on any atom is -0.318 e. The zero-order valence-corrected chi connectivity index (χ0v) is 11.7. The lowest BCUT2D eigenvalue weighted by molar-refractivity contribution is -0.126. The molecule has 1 aliphatic heterocycles. The Bertz CT molecular complexity index is 597. The Kier molecular flexibility index (Phi) is 3.12. The molecular weight excluding hydrogens is 304 g/mol. The van der Waals surface area contributed by atoms with E-state index in [1.54, 1.807) is 4.90 Å². The van der Waals surface area contributed by atoms with Gasteiger partial charge in [-0.3, -0.25) is 4.79 Å². The lowest BCUT2D eigenvalue weighted by Crippen LogP contribution is -2.63. The molecule has 0 unspecified atom stereocenters. The molecule has 2 aromatic carbocycles. The van der Waals surface area contributed by atoms with Crippen molar-refractivity contribution in [2.75, 3.05) is 4.90 Å². The van der Waals surface area contributed by atoms with Crippen LogP contribution in [0, 0.1) is 0 Å². The molecule has 1 fully saturated rings. The number of carbonyl (C=O) groups excluding carboxylic acids is 1. The van der Waals surface area contributed by atoms with Crippen LogP contribution in [0.25, 0.3) is 0 Å². The summed E-state index contributed by atoms with van der Waals surface area (Å²) in [4.78, 5) is 13.8. The molecule has 0 aromatic heterocycles. The molecule has 1 aliphatic rings. The normalized spacial score (nSPS) is 22.2. The Balaban J connectivity index is 1.96. The second-order valence-corrected chi connectivity index (χ2v) is 5.48. The minimum atomic E-state index is -0.453. The Morgan fingerprint density at radius 3 is 2.26 bits per heavy atom. The van der Waals surface area contributed by atoms with Crippen LogP contribution in [-0.2, 0) is 4.79 Å². The summed E-state index contributed by atoms with van der Waals surface area (Å²) < 4.78 is 0.991. The molecule has 3 rings (SSSR count). The van der Waals surface area contributed by atoms with Crippen LogP contribution in [0.1, 0.15) is 11.6 Å². The van der Waals surface area contributed by atoms with Crippen LogP contribution < -0.4 is 10.6 Å². The molecule has 3 nitrogen and oxygen atoms in total. The third-order valence-electron chi connectivity index (χ3n) is 3.39. The first-order chi connectivity index (χ1) is 9.18. The molecule has 0 saturated carbocycles. The van der Waals surface area contributed by atoms with E-state index in [1.807, 2.05) is 54.6 Å². The van der Waals surface area contributed by atoms with Crippen molar-refractivity contribution in [2.45, 2.75) is 12.1 Å². The summed E-state index contributed by atoms with van der Waals surface area (Å²) in [7, 11) is 0. The van der Waals surface area contributed by atoms with Gasteiger partial charge in [-0.15, -0.1) is 0 Å². The number of benzene rings is 2. The van der Waals surface area contributed by atoms with Gasteiger partial charge in [0.05, 0.1) is 6.04 Å². The van der Waals surface area contributed by atoms with Gasteiger partial charge < -0.3 is 10.6 Å². The zero-order valence-electron chi connectivity index (χ0n) is 10.2. The topological polar surface area (TPSA) is 46.3 Å². The Morgan fingerprint density at radius 2 is 1.63 bits per heavy atom. The molecule has 0 radical (unpaired) electrons. The number of hydrogen-bond donors (Lipinski definition) is 1. The number of nitrogens with zero attached hydrogens (tertiary/aromatic N) is 1. The number of hydrogen-bond acceptors (Lipinski definition) is 2. The number of rotatable bonds is 2. The largest absolute Gasteiger partial charge is 0.318 e. The smallest absolute Gasteiger partial charge is 0.247 e. The maximum absolute atomic E-state index is 12.0. The Morgan fingerprint density at radius 1 is 1.00 bits per heavy atom. The quantitative estimate of drug-likeness (QED) is 0.866. The Hall–Kier alpha value is -1.65. The van der Waals surface area contributed by atoms with Crippen LogP contribution in [0.15, 0.2) is 59.1 Å². The van der Waals surface area contributed by atoms with Crippen molar-refractivity contribution in [1.82, 2.24) is 0 Å². The predicted octanol–water partition coefficient (Wildman–Crippen LogP) is 2.86. The van der Waals surface area contributed by atoms with E-state index in [2.05, 4.69) is 15.9 Å². The molecule has 0 spiro atoms. The first kappa shape index (κ1) is 12.4. The van der Waals surface area contributed by atoms with Crippen LogP contribution in [0.3, 0.4) is 0 Å². The van der Waals surface area contributed by atoms with E-state index in [1.165, 1.54) is 0 Å². The minimum absolute atomic E-state index is 0.0313. The van der Waals surface area contributed by atoms with Crippen molar-refractivity contribution in [3.05, 3.63) is 64.6 Å². The fraction of sp³-hybridized carbons (Fsp3) is 0.133. The number of halogens is 1. The highest BCUT2D eigenvalue weighted by molar-refractivity contribution is 9.10. The monoisotopic (exact) mass is 316 g/mol. The fourth-order valence-electron chi connectivity index (χ4n) is 2.41. The number of β-lactam (4-membered cyclic amide) rings is 1. The number of nitrogens with two attached hydrogens (primary N) is 1. The van der Waals surface area contributed by atoms with E-state index < -0.39 is 6.04 Å². The summed E-state index contributed by atoms with van der Waals surface area (Å²) in [5.74, 6) is -0.0313. The van der Waals surface area contributed by atoms with Gasteiger partial charge in [-0.05, 0) is 29.8 Å². The molecule has 96 valence electrons. The summed E-state index contributed by atoms with van der Waals surface area (Å²) in [6.45, 7) is 0. The SMILES string of the molecule is N[C@@H]1C(=O)N(c2ccc(Br)cc2)[C@H]1c1ccccc1. The molecule has 2 N–H and O–H groups in total. The van der Waals surface area contributed by atoms with E-state index >= 15 is 0 Å². The van der Waals surface area contributed by atoms with Gasteiger partial charge in [-0.2, -0.15) is 0 Å². The molecule has 4 heteroatoms. The maximum Gasteiger partial charge on any atom is 0.247 e. The fourth-order valence-corrected chi connectivity index (χ4v) is 2.67. The van der Waals surface area contributed by atoms with Crippen LogP contribution in [0.2, 0.25) is 0 Å². The third-order valence-corrected chi connectivity index (χ3v) is 3.92. The van der Waals surface area contributed by atoms with E-state index in [-0.39, 0.29) is 11.9 Å². The van der Waals surface area contributed by atoms with Crippen LogP contribution in [0.5, 0.6) is 0 Å². The van der Waals surface area contributed by atoms with E-state index in [0.717, 1.165) is 15.7 Å². The number of amides is 1. The zero-order chi connectivity index (χ0) is 13.4. The van der Waals surface area contributed by atoms with Crippen molar-refractivity contribution >= 4 is 27.5 Å². The van der Waals surface area contributed by atoms with Crippen molar-refractivity contribution in [1.29, 1.82) is 0 Å².